The number of nitrogens with zero attached hydrogens (tertiary/aromatic N) is 1. The normalized spacial score (nSPS) is 10.3. The number of rotatable bonds is 8. The van der Waals surface area contributed by atoms with Gasteiger partial charge < -0.3 is 15.0 Å². The third-order valence-electron chi connectivity index (χ3n) is 4.74. The van der Waals surface area contributed by atoms with Gasteiger partial charge in [0.25, 0.3) is 11.8 Å². The van der Waals surface area contributed by atoms with E-state index in [-0.39, 0.29) is 11.8 Å². The van der Waals surface area contributed by atoms with Crippen LogP contribution in [-0.2, 0) is 6.54 Å². The van der Waals surface area contributed by atoms with E-state index in [4.69, 9.17) is 4.74 Å². The molecule has 0 bridgehead atoms. The topological polar surface area (TPSA) is 58.6 Å². The van der Waals surface area contributed by atoms with Gasteiger partial charge >= 0.3 is 0 Å². The van der Waals surface area contributed by atoms with Crippen LogP contribution < -0.4 is 10.1 Å². The minimum atomic E-state index is -0.248. The van der Waals surface area contributed by atoms with Crippen LogP contribution in [0.1, 0.15) is 31.8 Å². The fourth-order valence-corrected chi connectivity index (χ4v) is 3.16. The molecule has 0 spiro atoms. The number of carbonyl (C=O) groups excluding carboxylic acids is 2. The van der Waals surface area contributed by atoms with Crippen molar-refractivity contribution in [3.8, 4) is 5.75 Å². The Labute approximate surface area is 183 Å². The first-order chi connectivity index (χ1) is 15.0. The number of ether oxygens (including phenoxy) is 1. The Kier molecular flexibility index (Phi) is 7.22. The van der Waals surface area contributed by atoms with E-state index in [0.29, 0.717) is 30.0 Å². The van der Waals surface area contributed by atoms with Crippen LogP contribution in [-0.4, -0.2) is 30.4 Å². The summed E-state index contributed by atoms with van der Waals surface area (Å²) >= 11 is 0. The van der Waals surface area contributed by atoms with Crippen LogP contribution >= 0.6 is 0 Å². The number of anilines is 1. The van der Waals surface area contributed by atoms with E-state index in [9.17, 15) is 9.59 Å². The number of aryl methyl sites for hydroxylation is 1. The van der Waals surface area contributed by atoms with Gasteiger partial charge in [-0.25, -0.2) is 0 Å². The van der Waals surface area contributed by atoms with Gasteiger partial charge in [0, 0.05) is 19.2 Å². The average molecular weight is 415 g/mol. The molecule has 0 aliphatic heterocycles. The maximum atomic E-state index is 13.1. The molecule has 5 nitrogen and oxygen atoms in total. The van der Waals surface area contributed by atoms with Crippen molar-refractivity contribution in [2.24, 2.45) is 0 Å². The van der Waals surface area contributed by atoms with Crippen molar-refractivity contribution in [3.05, 3.63) is 108 Å². The molecule has 0 unspecified atom stereocenters. The van der Waals surface area contributed by atoms with Crippen LogP contribution in [0.25, 0.3) is 0 Å². The highest BCUT2D eigenvalue weighted by molar-refractivity contribution is 6.09. The predicted molar refractivity (Wildman–Crippen MR) is 124 cm³/mol. The largest absolute Gasteiger partial charge is 0.490 e. The second-order valence-electron chi connectivity index (χ2n) is 7.27. The van der Waals surface area contributed by atoms with Gasteiger partial charge in [-0.1, -0.05) is 54.6 Å². The number of hydrogen-bond acceptors (Lipinski definition) is 3. The summed E-state index contributed by atoms with van der Waals surface area (Å²) in [6.07, 6.45) is 1.69. The molecule has 3 rings (SSSR count). The third kappa shape index (κ3) is 5.82. The Hall–Kier alpha value is -3.86. The first kappa shape index (κ1) is 21.8. The van der Waals surface area contributed by atoms with Gasteiger partial charge in [-0.15, -0.1) is 0 Å². The van der Waals surface area contributed by atoms with E-state index in [1.54, 1.807) is 48.4 Å². The maximum absolute atomic E-state index is 13.1. The molecular formula is C26H26N2O3. The molecule has 0 radical (unpaired) electrons. The summed E-state index contributed by atoms with van der Waals surface area (Å²) in [4.78, 5) is 27.4. The Morgan fingerprint density at radius 2 is 1.77 bits per heavy atom. The van der Waals surface area contributed by atoms with Gasteiger partial charge in [0.05, 0.1) is 11.3 Å². The summed E-state index contributed by atoms with van der Waals surface area (Å²) in [7, 11) is 1.74. The lowest BCUT2D eigenvalue weighted by molar-refractivity contribution is 0.0786. The molecule has 0 aliphatic rings. The Morgan fingerprint density at radius 3 is 2.48 bits per heavy atom. The molecular weight excluding hydrogens is 388 g/mol. The van der Waals surface area contributed by atoms with Crippen molar-refractivity contribution < 1.29 is 14.3 Å². The molecule has 0 atom stereocenters. The van der Waals surface area contributed by atoms with Crippen molar-refractivity contribution in [3.63, 3.8) is 0 Å². The molecule has 2 amide bonds. The quantitative estimate of drug-likeness (QED) is 0.523. The van der Waals surface area contributed by atoms with E-state index in [1.807, 2.05) is 49.4 Å². The van der Waals surface area contributed by atoms with Crippen LogP contribution in [0.2, 0.25) is 0 Å². The Balaban J connectivity index is 1.71. The first-order valence-corrected chi connectivity index (χ1v) is 10.0. The second kappa shape index (κ2) is 10.3. The fourth-order valence-electron chi connectivity index (χ4n) is 3.16. The van der Waals surface area contributed by atoms with Gasteiger partial charge in [-0.3, -0.25) is 9.59 Å². The molecule has 158 valence electrons. The number of benzene rings is 3. The SMILES string of the molecule is C=CCOc1ccc(CN(C)C(=O)c2ccccc2NC(=O)c2cccc(C)c2)cc1. The predicted octanol–water partition coefficient (Wildman–Crippen LogP) is 5.08. The molecule has 1 N–H and O–H groups in total. The van der Waals surface area contributed by atoms with E-state index >= 15 is 0 Å². The summed E-state index contributed by atoms with van der Waals surface area (Å²) in [6.45, 7) is 6.44. The van der Waals surface area contributed by atoms with Crippen molar-refractivity contribution in [2.75, 3.05) is 19.0 Å². The first-order valence-electron chi connectivity index (χ1n) is 10.0. The van der Waals surface area contributed by atoms with Gasteiger partial charge in [0.1, 0.15) is 12.4 Å². The van der Waals surface area contributed by atoms with Gasteiger partial charge in [0.15, 0.2) is 0 Å². The number of para-hydroxylation sites is 1. The monoisotopic (exact) mass is 414 g/mol. The number of carbonyl (C=O) groups is 2. The van der Waals surface area contributed by atoms with Crippen LogP contribution in [0.15, 0.2) is 85.5 Å². The highest BCUT2D eigenvalue weighted by Gasteiger charge is 2.18. The van der Waals surface area contributed by atoms with Crippen LogP contribution in [0.3, 0.4) is 0 Å². The van der Waals surface area contributed by atoms with E-state index in [1.165, 1.54) is 0 Å². The standard InChI is InChI=1S/C26H26N2O3/c1-4-16-31-22-14-12-20(13-15-22)18-28(3)26(30)23-10-5-6-11-24(23)27-25(29)21-9-7-8-19(2)17-21/h4-15,17H,1,16,18H2,2-3H3,(H,27,29). The molecule has 0 saturated carbocycles. The molecule has 0 saturated heterocycles. The molecule has 0 aromatic heterocycles. The zero-order valence-electron chi connectivity index (χ0n) is 17.8. The molecule has 3 aromatic carbocycles. The summed E-state index contributed by atoms with van der Waals surface area (Å²) in [5, 5.41) is 2.87. The molecule has 0 fully saturated rings. The van der Waals surface area contributed by atoms with E-state index in [2.05, 4.69) is 11.9 Å². The summed E-state index contributed by atoms with van der Waals surface area (Å²) in [5.41, 5.74) is 3.45. The van der Waals surface area contributed by atoms with Gasteiger partial charge in [-0.2, -0.15) is 0 Å². The van der Waals surface area contributed by atoms with Gasteiger partial charge in [0.2, 0.25) is 0 Å². The lowest BCUT2D eigenvalue weighted by atomic mass is 10.1. The highest BCUT2D eigenvalue weighted by atomic mass is 16.5. The zero-order chi connectivity index (χ0) is 22.2. The summed E-state index contributed by atoms with van der Waals surface area (Å²) in [5.74, 6) is 0.329. The molecule has 31 heavy (non-hydrogen) atoms. The zero-order valence-corrected chi connectivity index (χ0v) is 17.8. The molecule has 3 aromatic rings. The van der Waals surface area contributed by atoms with Crippen LogP contribution in [0, 0.1) is 6.92 Å². The van der Waals surface area contributed by atoms with Crippen molar-refractivity contribution in [1.29, 1.82) is 0 Å². The minimum absolute atomic E-state index is 0.174. The average Bonchev–Trinajstić information content (AvgIpc) is 2.78. The molecule has 0 heterocycles. The Bertz CT molecular complexity index is 1070. The lowest BCUT2D eigenvalue weighted by Crippen LogP contribution is -2.27. The highest BCUT2D eigenvalue weighted by Crippen LogP contribution is 2.20. The van der Waals surface area contributed by atoms with Crippen LogP contribution in [0.4, 0.5) is 5.69 Å². The lowest BCUT2D eigenvalue weighted by Gasteiger charge is -2.19. The third-order valence-corrected chi connectivity index (χ3v) is 4.74. The Morgan fingerprint density at radius 1 is 1.03 bits per heavy atom. The number of hydrogen-bond donors (Lipinski definition) is 1. The van der Waals surface area contributed by atoms with E-state index in [0.717, 1.165) is 16.9 Å². The molecule has 5 heteroatoms. The smallest absolute Gasteiger partial charge is 0.256 e. The maximum Gasteiger partial charge on any atom is 0.256 e. The molecule has 0 aliphatic carbocycles. The summed E-state index contributed by atoms with van der Waals surface area (Å²) in [6, 6.07) is 22.0. The minimum Gasteiger partial charge on any atom is -0.490 e. The van der Waals surface area contributed by atoms with Crippen molar-refractivity contribution >= 4 is 17.5 Å². The summed E-state index contributed by atoms with van der Waals surface area (Å²) < 4.78 is 5.49. The van der Waals surface area contributed by atoms with Crippen molar-refractivity contribution in [1.82, 2.24) is 4.90 Å². The van der Waals surface area contributed by atoms with Crippen LogP contribution in [0.5, 0.6) is 5.75 Å². The number of nitrogens with one attached hydrogen (secondary N) is 1. The fraction of sp³-hybridized carbons (Fsp3) is 0.154. The van der Waals surface area contributed by atoms with E-state index < -0.39 is 0 Å². The second-order valence-corrected chi connectivity index (χ2v) is 7.27. The number of amides is 2. The van der Waals surface area contributed by atoms with Crippen molar-refractivity contribution in [2.45, 2.75) is 13.5 Å². The van der Waals surface area contributed by atoms with Gasteiger partial charge in [-0.05, 0) is 48.9 Å².